The van der Waals surface area contributed by atoms with E-state index in [0.29, 0.717) is 43.2 Å². The van der Waals surface area contributed by atoms with E-state index in [1.54, 1.807) is 27.8 Å². The predicted octanol–water partition coefficient (Wildman–Crippen LogP) is 2.81. The SMILES string of the molecule is O=C1c2cc(COc3cccc(F)c3)nn2CCN1C[C@H]1CCC1F. The van der Waals surface area contributed by atoms with Gasteiger partial charge in [0.2, 0.25) is 0 Å². The molecular formula is C18H19F2N3O2. The van der Waals surface area contributed by atoms with E-state index < -0.39 is 6.17 Å². The highest BCUT2D eigenvalue weighted by atomic mass is 19.1. The third-order valence-electron chi connectivity index (χ3n) is 4.88. The van der Waals surface area contributed by atoms with Gasteiger partial charge in [-0.05, 0) is 31.0 Å². The Hall–Kier alpha value is -2.44. The maximum Gasteiger partial charge on any atom is 0.272 e. The lowest BCUT2D eigenvalue weighted by Crippen LogP contribution is -2.46. The van der Waals surface area contributed by atoms with Crippen LogP contribution in [0.3, 0.4) is 0 Å². The van der Waals surface area contributed by atoms with Crippen molar-refractivity contribution < 1.29 is 18.3 Å². The van der Waals surface area contributed by atoms with Gasteiger partial charge in [-0.2, -0.15) is 5.10 Å². The summed E-state index contributed by atoms with van der Waals surface area (Å²) in [7, 11) is 0. The summed E-state index contributed by atoms with van der Waals surface area (Å²) in [4.78, 5) is 14.3. The van der Waals surface area contributed by atoms with Crippen molar-refractivity contribution in [3.63, 3.8) is 0 Å². The Labute approximate surface area is 144 Å². The Morgan fingerprint density at radius 3 is 2.84 bits per heavy atom. The van der Waals surface area contributed by atoms with Gasteiger partial charge < -0.3 is 9.64 Å². The first kappa shape index (κ1) is 16.1. The summed E-state index contributed by atoms with van der Waals surface area (Å²) in [6, 6.07) is 7.58. The number of nitrogens with zero attached hydrogens (tertiary/aromatic N) is 3. The number of rotatable bonds is 5. The number of halogens is 2. The zero-order chi connectivity index (χ0) is 17.4. The van der Waals surface area contributed by atoms with Gasteiger partial charge in [0.25, 0.3) is 5.91 Å². The minimum Gasteiger partial charge on any atom is -0.487 e. The summed E-state index contributed by atoms with van der Waals surface area (Å²) in [6.45, 7) is 1.76. The molecule has 1 aliphatic heterocycles. The zero-order valence-electron chi connectivity index (χ0n) is 13.7. The highest BCUT2D eigenvalue weighted by molar-refractivity contribution is 5.93. The highest BCUT2D eigenvalue weighted by Crippen LogP contribution is 2.31. The molecule has 7 heteroatoms. The molecule has 0 bridgehead atoms. The Balaban J connectivity index is 1.42. The number of hydrogen-bond donors (Lipinski definition) is 0. The molecule has 0 spiro atoms. The molecule has 1 fully saturated rings. The van der Waals surface area contributed by atoms with Crippen LogP contribution in [-0.4, -0.2) is 39.8 Å². The molecular weight excluding hydrogens is 328 g/mol. The molecule has 0 saturated heterocycles. The van der Waals surface area contributed by atoms with Crippen molar-refractivity contribution in [2.75, 3.05) is 13.1 Å². The fourth-order valence-corrected chi connectivity index (χ4v) is 3.27. The maximum atomic E-state index is 13.5. The van der Waals surface area contributed by atoms with Crippen LogP contribution in [0.4, 0.5) is 8.78 Å². The molecule has 2 aromatic rings. The topological polar surface area (TPSA) is 47.4 Å². The first-order valence-corrected chi connectivity index (χ1v) is 8.48. The fourth-order valence-electron chi connectivity index (χ4n) is 3.27. The molecule has 0 radical (unpaired) electrons. The number of alkyl halides is 1. The third-order valence-corrected chi connectivity index (χ3v) is 4.88. The summed E-state index contributed by atoms with van der Waals surface area (Å²) >= 11 is 0. The molecule has 1 amide bonds. The number of amides is 1. The van der Waals surface area contributed by atoms with Crippen LogP contribution in [0.25, 0.3) is 0 Å². The number of aromatic nitrogens is 2. The van der Waals surface area contributed by atoms with Crippen molar-refractivity contribution in [3.8, 4) is 5.75 Å². The molecule has 1 aliphatic carbocycles. The Morgan fingerprint density at radius 1 is 1.24 bits per heavy atom. The molecule has 1 saturated carbocycles. The van der Waals surface area contributed by atoms with Crippen LogP contribution in [0.5, 0.6) is 5.75 Å². The highest BCUT2D eigenvalue weighted by Gasteiger charge is 2.35. The van der Waals surface area contributed by atoms with Gasteiger partial charge in [0.1, 0.15) is 35.7 Å². The maximum absolute atomic E-state index is 13.5. The molecule has 0 N–H and O–H groups in total. The standard InChI is InChI=1S/C18H19F2N3O2/c19-13-2-1-3-15(8-13)25-11-14-9-17-18(24)22(6-7-23(17)21-14)10-12-4-5-16(12)20/h1-3,8-9,12,16H,4-7,10-11H2/t12-,16?/m1/s1. The van der Waals surface area contributed by atoms with Gasteiger partial charge in [0, 0.05) is 25.1 Å². The quantitative estimate of drug-likeness (QED) is 0.836. The number of carbonyl (C=O) groups is 1. The molecule has 1 aromatic carbocycles. The predicted molar refractivity (Wildman–Crippen MR) is 86.5 cm³/mol. The van der Waals surface area contributed by atoms with Crippen molar-refractivity contribution in [2.24, 2.45) is 5.92 Å². The summed E-state index contributed by atoms with van der Waals surface area (Å²) in [5, 5.41) is 4.38. The summed E-state index contributed by atoms with van der Waals surface area (Å²) < 4.78 is 33.8. The second-order valence-corrected chi connectivity index (χ2v) is 6.59. The van der Waals surface area contributed by atoms with Crippen molar-refractivity contribution in [1.82, 2.24) is 14.7 Å². The molecule has 25 heavy (non-hydrogen) atoms. The number of benzene rings is 1. The number of fused-ring (bicyclic) bond motifs is 1. The van der Waals surface area contributed by atoms with E-state index in [0.717, 1.165) is 6.42 Å². The van der Waals surface area contributed by atoms with Crippen LogP contribution in [0.1, 0.15) is 29.0 Å². The number of ether oxygens (including phenoxy) is 1. The molecule has 1 unspecified atom stereocenters. The number of hydrogen-bond acceptors (Lipinski definition) is 3. The minimum atomic E-state index is -0.783. The van der Waals surface area contributed by atoms with Crippen molar-refractivity contribution >= 4 is 5.91 Å². The van der Waals surface area contributed by atoms with Crippen LogP contribution in [-0.2, 0) is 13.2 Å². The van der Waals surface area contributed by atoms with Gasteiger partial charge in [-0.1, -0.05) is 6.07 Å². The molecule has 4 rings (SSSR count). The van der Waals surface area contributed by atoms with Crippen LogP contribution in [0, 0.1) is 11.7 Å². The molecule has 5 nitrogen and oxygen atoms in total. The van der Waals surface area contributed by atoms with Crippen LogP contribution < -0.4 is 4.74 Å². The van der Waals surface area contributed by atoms with Crippen LogP contribution in [0.2, 0.25) is 0 Å². The average molecular weight is 347 g/mol. The average Bonchev–Trinajstić information content (AvgIpc) is 3.02. The largest absolute Gasteiger partial charge is 0.487 e. The minimum absolute atomic E-state index is 0.0331. The van der Waals surface area contributed by atoms with E-state index in [1.807, 2.05) is 0 Å². The van der Waals surface area contributed by atoms with Crippen LogP contribution in [0.15, 0.2) is 30.3 Å². The summed E-state index contributed by atoms with van der Waals surface area (Å²) in [6.07, 6.45) is 0.665. The summed E-state index contributed by atoms with van der Waals surface area (Å²) in [5.74, 6) is -0.100. The third kappa shape index (κ3) is 3.23. The van der Waals surface area contributed by atoms with E-state index in [-0.39, 0.29) is 24.2 Å². The Bertz CT molecular complexity index is 792. The van der Waals surface area contributed by atoms with Gasteiger partial charge in [0.15, 0.2) is 0 Å². The Morgan fingerprint density at radius 2 is 2.12 bits per heavy atom. The van der Waals surface area contributed by atoms with Crippen molar-refractivity contribution in [2.45, 2.75) is 32.2 Å². The molecule has 2 atom stereocenters. The first-order valence-electron chi connectivity index (χ1n) is 8.48. The first-order chi connectivity index (χ1) is 12.1. The number of carbonyl (C=O) groups excluding carboxylic acids is 1. The van der Waals surface area contributed by atoms with Gasteiger partial charge in [-0.25, -0.2) is 8.78 Å². The van der Waals surface area contributed by atoms with E-state index in [1.165, 1.54) is 12.1 Å². The molecule has 132 valence electrons. The van der Waals surface area contributed by atoms with Gasteiger partial charge in [-0.3, -0.25) is 9.48 Å². The van der Waals surface area contributed by atoms with E-state index >= 15 is 0 Å². The fraction of sp³-hybridized carbons (Fsp3) is 0.444. The van der Waals surface area contributed by atoms with Crippen molar-refractivity contribution in [3.05, 3.63) is 47.5 Å². The molecule has 2 heterocycles. The second kappa shape index (κ2) is 6.46. The lowest BCUT2D eigenvalue weighted by molar-refractivity contribution is 0.0462. The molecule has 1 aromatic heterocycles. The lowest BCUT2D eigenvalue weighted by Gasteiger charge is -2.36. The Kier molecular flexibility index (Phi) is 4.15. The lowest BCUT2D eigenvalue weighted by atomic mass is 9.82. The second-order valence-electron chi connectivity index (χ2n) is 6.59. The van der Waals surface area contributed by atoms with Gasteiger partial charge in [0.05, 0.1) is 6.54 Å². The van der Waals surface area contributed by atoms with Crippen molar-refractivity contribution in [1.29, 1.82) is 0 Å². The normalized spacial score (nSPS) is 22.5. The van der Waals surface area contributed by atoms with E-state index in [4.69, 9.17) is 4.74 Å². The summed E-state index contributed by atoms with van der Waals surface area (Å²) in [5.41, 5.74) is 1.11. The monoisotopic (exact) mass is 347 g/mol. The van der Waals surface area contributed by atoms with Gasteiger partial charge >= 0.3 is 0 Å². The smallest absolute Gasteiger partial charge is 0.272 e. The van der Waals surface area contributed by atoms with E-state index in [9.17, 15) is 13.6 Å². The molecule has 2 aliphatic rings. The zero-order valence-corrected chi connectivity index (χ0v) is 13.7. The van der Waals surface area contributed by atoms with Crippen LogP contribution >= 0.6 is 0 Å². The van der Waals surface area contributed by atoms with E-state index in [2.05, 4.69) is 5.10 Å². The van der Waals surface area contributed by atoms with Gasteiger partial charge in [-0.15, -0.1) is 0 Å².